The Morgan fingerprint density at radius 2 is 1.96 bits per heavy atom. The van der Waals surface area contributed by atoms with Gasteiger partial charge in [-0.3, -0.25) is 4.79 Å². The molecule has 134 valence electrons. The molecule has 1 amide bonds. The Balaban J connectivity index is 1.46. The second-order valence-corrected chi connectivity index (χ2v) is 7.96. The molecule has 1 N–H and O–H groups in total. The van der Waals surface area contributed by atoms with E-state index in [0.29, 0.717) is 4.88 Å². The van der Waals surface area contributed by atoms with Crippen molar-refractivity contribution in [1.29, 1.82) is 0 Å². The first-order valence-electron chi connectivity index (χ1n) is 8.46. The molecule has 1 aliphatic rings. The molecule has 3 aromatic rings. The van der Waals surface area contributed by atoms with Gasteiger partial charge in [-0.05, 0) is 42.6 Å². The number of amides is 1. The number of thiazole rings is 1. The van der Waals surface area contributed by atoms with Crippen LogP contribution in [0.1, 0.15) is 15.4 Å². The third-order valence-corrected chi connectivity index (χ3v) is 6.43. The van der Waals surface area contributed by atoms with Gasteiger partial charge in [-0.2, -0.15) is 0 Å². The summed E-state index contributed by atoms with van der Waals surface area (Å²) in [6.45, 7) is 5.20. The van der Waals surface area contributed by atoms with Gasteiger partial charge in [-0.25, -0.2) is 4.98 Å². The minimum Gasteiger partial charge on any atom is -0.378 e. The minimum atomic E-state index is -0.109. The number of rotatable bonds is 4. The number of carbonyl (C=O) groups excluding carboxylic acids is 1. The van der Waals surface area contributed by atoms with E-state index in [4.69, 9.17) is 4.74 Å². The maximum atomic E-state index is 12.6. The molecule has 1 aromatic carbocycles. The van der Waals surface area contributed by atoms with E-state index in [1.54, 1.807) is 11.3 Å². The monoisotopic (exact) mass is 385 g/mol. The van der Waals surface area contributed by atoms with Gasteiger partial charge in [-0.15, -0.1) is 22.7 Å². The summed E-state index contributed by atoms with van der Waals surface area (Å²) in [4.78, 5) is 21.2. The highest BCUT2D eigenvalue weighted by molar-refractivity contribution is 7.22. The quantitative estimate of drug-likeness (QED) is 0.729. The number of carbonyl (C=O) groups is 1. The van der Waals surface area contributed by atoms with E-state index in [0.717, 1.165) is 53.3 Å². The summed E-state index contributed by atoms with van der Waals surface area (Å²) in [5, 5.41) is 5.89. The fourth-order valence-electron chi connectivity index (χ4n) is 2.88. The number of ether oxygens (including phenoxy) is 1. The van der Waals surface area contributed by atoms with Crippen molar-refractivity contribution >= 4 is 40.0 Å². The third kappa shape index (κ3) is 3.65. The first-order chi connectivity index (χ1) is 12.7. The molecule has 1 fully saturated rings. The van der Waals surface area contributed by atoms with Crippen LogP contribution in [0.15, 0.2) is 41.8 Å². The highest BCUT2D eigenvalue weighted by Gasteiger charge is 2.17. The van der Waals surface area contributed by atoms with Gasteiger partial charge in [0.15, 0.2) is 0 Å². The maximum absolute atomic E-state index is 12.6. The van der Waals surface area contributed by atoms with Gasteiger partial charge in [0.1, 0.15) is 9.88 Å². The summed E-state index contributed by atoms with van der Waals surface area (Å²) >= 11 is 3.07. The Kier molecular flexibility index (Phi) is 5.01. The van der Waals surface area contributed by atoms with E-state index in [2.05, 4.69) is 15.2 Å². The summed E-state index contributed by atoms with van der Waals surface area (Å²) in [5.74, 6) is -0.109. The molecule has 0 bridgehead atoms. The predicted octanol–water partition coefficient (Wildman–Crippen LogP) is 4.27. The van der Waals surface area contributed by atoms with Crippen LogP contribution in [0.2, 0.25) is 0 Å². The molecule has 0 saturated carbocycles. The van der Waals surface area contributed by atoms with Crippen molar-refractivity contribution in [3.8, 4) is 9.88 Å². The second-order valence-electron chi connectivity index (χ2n) is 6.01. The van der Waals surface area contributed by atoms with Crippen LogP contribution in [0.4, 0.5) is 11.4 Å². The maximum Gasteiger partial charge on any atom is 0.267 e. The van der Waals surface area contributed by atoms with E-state index in [9.17, 15) is 4.79 Å². The molecule has 3 heterocycles. The van der Waals surface area contributed by atoms with Crippen molar-refractivity contribution in [2.45, 2.75) is 6.92 Å². The zero-order valence-corrected chi connectivity index (χ0v) is 16.0. The molecule has 0 unspecified atom stereocenters. The molecule has 1 aliphatic heterocycles. The number of morpholine rings is 1. The Morgan fingerprint density at radius 3 is 2.65 bits per heavy atom. The standard InChI is InChI=1S/C19H19N3O2S2/c1-13-17(26-19(20-13)16-3-2-12-25-16)18(23)21-14-4-6-15(7-5-14)22-8-10-24-11-9-22/h2-7,12H,8-11H2,1H3,(H,21,23). The molecule has 26 heavy (non-hydrogen) atoms. The average Bonchev–Trinajstić information content (AvgIpc) is 3.32. The van der Waals surface area contributed by atoms with Crippen molar-refractivity contribution in [3.05, 3.63) is 52.3 Å². The van der Waals surface area contributed by atoms with E-state index in [1.807, 2.05) is 48.7 Å². The van der Waals surface area contributed by atoms with Crippen molar-refractivity contribution in [1.82, 2.24) is 4.98 Å². The van der Waals surface area contributed by atoms with Crippen molar-refractivity contribution < 1.29 is 9.53 Å². The third-order valence-electron chi connectivity index (χ3n) is 4.24. The first-order valence-corrected chi connectivity index (χ1v) is 10.2. The van der Waals surface area contributed by atoms with Crippen molar-refractivity contribution in [2.75, 3.05) is 36.5 Å². The number of nitrogens with zero attached hydrogens (tertiary/aromatic N) is 2. The molecule has 1 saturated heterocycles. The number of thiophene rings is 1. The molecule has 0 radical (unpaired) electrons. The largest absolute Gasteiger partial charge is 0.378 e. The highest BCUT2D eigenvalue weighted by atomic mass is 32.1. The normalized spacial score (nSPS) is 14.4. The Hall–Kier alpha value is -2.22. The van der Waals surface area contributed by atoms with E-state index >= 15 is 0 Å². The van der Waals surface area contributed by atoms with E-state index in [1.165, 1.54) is 11.3 Å². The SMILES string of the molecule is Cc1nc(-c2cccs2)sc1C(=O)Nc1ccc(N2CCOCC2)cc1. The van der Waals surface area contributed by atoms with Gasteiger partial charge >= 0.3 is 0 Å². The number of aromatic nitrogens is 1. The average molecular weight is 386 g/mol. The lowest BCUT2D eigenvalue weighted by atomic mass is 10.2. The number of benzene rings is 1. The van der Waals surface area contributed by atoms with Gasteiger partial charge in [0.25, 0.3) is 5.91 Å². The van der Waals surface area contributed by atoms with Crippen molar-refractivity contribution in [3.63, 3.8) is 0 Å². The van der Waals surface area contributed by atoms with Gasteiger partial charge in [0.2, 0.25) is 0 Å². The van der Waals surface area contributed by atoms with Crippen LogP contribution < -0.4 is 10.2 Å². The van der Waals surface area contributed by atoms with E-state index < -0.39 is 0 Å². The fraction of sp³-hybridized carbons (Fsp3) is 0.263. The number of aryl methyl sites for hydroxylation is 1. The van der Waals surface area contributed by atoms with Gasteiger partial charge in [-0.1, -0.05) is 6.07 Å². The molecular formula is C19H19N3O2S2. The Labute approximate surface area is 160 Å². The number of hydrogen-bond acceptors (Lipinski definition) is 6. The van der Waals surface area contributed by atoms with Gasteiger partial charge in [0.05, 0.1) is 23.8 Å². The van der Waals surface area contributed by atoms with Crippen LogP contribution in [0, 0.1) is 6.92 Å². The fourth-order valence-corrected chi connectivity index (χ4v) is 4.64. The van der Waals surface area contributed by atoms with Gasteiger partial charge in [0, 0.05) is 24.5 Å². The van der Waals surface area contributed by atoms with Gasteiger partial charge < -0.3 is 15.0 Å². The summed E-state index contributed by atoms with van der Waals surface area (Å²) < 4.78 is 5.38. The number of hydrogen-bond donors (Lipinski definition) is 1. The Morgan fingerprint density at radius 1 is 1.19 bits per heavy atom. The Bertz CT molecular complexity index is 882. The van der Waals surface area contributed by atoms with Crippen LogP contribution in [0.25, 0.3) is 9.88 Å². The molecule has 0 aliphatic carbocycles. The summed E-state index contributed by atoms with van der Waals surface area (Å²) in [6, 6.07) is 12.0. The van der Waals surface area contributed by atoms with Crippen LogP contribution in [-0.2, 0) is 4.74 Å². The zero-order chi connectivity index (χ0) is 17.9. The summed E-state index contributed by atoms with van der Waals surface area (Å²) in [7, 11) is 0. The molecule has 7 heteroatoms. The highest BCUT2D eigenvalue weighted by Crippen LogP contribution is 2.31. The molecule has 0 atom stereocenters. The second kappa shape index (κ2) is 7.57. The smallest absolute Gasteiger partial charge is 0.267 e. The van der Waals surface area contributed by atoms with Crippen LogP contribution in [0.5, 0.6) is 0 Å². The molecule has 5 nitrogen and oxygen atoms in total. The lowest BCUT2D eigenvalue weighted by Gasteiger charge is -2.28. The lowest BCUT2D eigenvalue weighted by Crippen LogP contribution is -2.36. The molecular weight excluding hydrogens is 366 g/mol. The minimum absolute atomic E-state index is 0.109. The lowest BCUT2D eigenvalue weighted by molar-refractivity contribution is 0.103. The molecule has 4 rings (SSSR count). The molecule has 0 spiro atoms. The van der Waals surface area contributed by atoms with Crippen LogP contribution in [0.3, 0.4) is 0 Å². The summed E-state index contributed by atoms with van der Waals surface area (Å²) in [5.41, 5.74) is 2.71. The topological polar surface area (TPSA) is 54.5 Å². The zero-order valence-electron chi connectivity index (χ0n) is 14.4. The first kappa shape index (κ1) is 17.2. The number of nitrogens with one attached hydrogen (secondary N) is 1. The number of anilines is 2. The van der Waals surface area contributed by atoms with Crippen LogP contribution >= 0.6 is 22.7 Å². The van der Waals surface area contributed by atoms with Crippen molar-refractivity contribution in [2.24, 2.45) is 0 Å². The van der Waals surface area contributed by atoms with E-state index in [-0.39, 0.29) is 5.91 Å². The summed E-state index contributed by atoms with van der Waals surface area (Å²) in [6.07, 6.45) is 0. The van der Waals surface area contributed by atoms with Crippen LogP contribution in [-0.4, -0.2) is 37.2 Å². The molecule has 2 aromatic heterocycles. The predicted molar refractivity (Wildman–Crippen MR) is 108 cm³/mol.